The number of carbonyl (C=O) groups excluding carboxylic acids is 2. The number of aryl methyl sites for hydroxylation is 2. The summed E-state index contributed by atoms with van der Waals surface area (Å²) < 4.78 is 0. The summed E-state index contributed by atoms with van der Waals surface area (Å²) in [5.74, 6) is -1.36. The molecule has 0 radical (unpaired) electrons. The molecule has 22 heavy (non-hydrogen) atoms. The standard InChI is InChI=1S/C18H18N2O2/c1-11-5-3-7-13(9-11)15(17(19)21)16(18(20)22)14-8-4-6-12(2)10-14/h3-10H,1-2H3,(H2,19,21)(H2,20,22). The van der Waals surface area contributed by atoms with Crippen molar-refractivity contribution in [3.63, 3.8) is 0 Å². The number of carbonyl (C=O) groups is 2. The summed E-state index contributed by atoms with van der Waals surface area (Å²) in [7, 11) is 0. The van der Waals surface area contributed by atoms with Gasteiger partial charge in [0.1, 0.15) is 0 Å². The molecule has 4 N–H and O–H groups in total. The molecule has 2 aromatic carbocycles. The minimum Gasteiger partial charge on any atom is -0.366 e. The lowest BCUT2D eigenvalue weighted by Crippen LogP contribution is -2.21. The zero-order valence-electron chi connectivity index (χ0n) is 12.6. The first-order valence-electron chi connectivity index (χ1n) is 6.88. The zero-order valence-corrected chi connectivity index (χ0v) is 12.6. The summed E-state index contributed by atoms with van der Waals surface area (Å²) in [6.45, 7) is 3.80. The van der Waals surface area contributed by atoms with Crippen molar-refractivity contribution in [1.29, 1.82) is 0 Å². The van der Waals surface area contributed by atoms with Crippen LogP contribution in [0, 0.1) is 13.8 Å². The van der Waals surface area contributed by atoms with Gasteiger partial charge < -0.3 is 11.5 Å². The third kappa shape index (κ3) is 3.23. The largest absolute Gasteiger partial charge is 0.366 e. The second-order valence-electron chi connectivity index (χ2n) is 5.22. The van der Waals surface area contributed by atoms with Gasteiger partial charge in [-0.2, -0.15) is 0 Å². The van der Waals surface area contributed by atoms with Crippen molar-refractivity contribution < 1.29 is 9.59 Å². The fraction of sp³-hybridized carbons (Fsp3) is 0.111. The highest BCUT2D eigenvalue weighted by Crippen LogP contribution is 2.27. The van der Waals surface area contributed by atoms with Gasteiger partial charge in [0.2, 0.25) is 11.8 Å². The molecule has 4 nitrogen and oxygen atoms in total. The minimum absolute atomic E-state index is 0.141. The van der Waals surface area contributed by atoms with Gasteiger partial charge in [-0.05, 0) is 25.0 Å². The molecular formula is C18H18N2O2. The predicted molar refractivity (Wildman–Crippen MR) is 87.6 cm³/mol. The molecule has 0 spiro atoms. The Morgan fingerprint density at radius 1 is 0.727 bits per heavy atom. The van der Waals surface area contributed by atoms with Gasteiger partial charge in [0.05, 0.1) is 11.1 Å². The molecule has 0 heterocycles. The summed E-state index contributed by atoms with van der Waals surface area (Å²) in [5, 5.41) is 0. The molecular weight excluding hydrogens is 276 g/mol. The van der Waals surface area contributed by atoms with Crippen LogP contribution >= 0.6 is 0 Å². The topological polar surface area (TPSA) is 86.2 Å². The lowest BCUT2D eigenvalue weighted by Gasteiger charge is -2.12. The Kier molecular flexibility index (Phi) is 4.41. The molecule has 0 fully saturated rings. The highest BCUT2D eigenvalue weighted by atomic mass is 16.2. The van der Waals surface area contributed by atoms with E-state index in [-0.39, 0.29) is 11.1 Å². The van der Waals surface area contributed by atoms with E-state index in [0.717, 1.165) is 11.1 Å². The van der Waals surface area contributed by atoms with Crippen molar-refractivity contribution >= 4 is 23.0 Å². The van der Waals surface area contributed by atoms with Gasteiger partial charge in [-0.1, -0.05) is 59.7 Å². The molecule has 112 valence electrons. The van der Waals surface area contributed by atoms with E-state index >= 15 is 0 Å². The summed E-state index contributed by atoms with van der Waals surface area (Å²) >= 11 is 0. The van der Waals surface area contributed by atoms with Crippen LogP contribution < -0.4 is 11.5 Å². The fourth-order valence-electron chi connectivity index (χ4n) is 2.42. The molecule has 0 aliphatic heterocycles. The normalized spacial score (nSPS) is 11.7. The molecule has 0 aromatic heterocycles. The lowest BCUT2D eigenvalue weighted by atomic mass is 9.92. The molecule has 0 saturated heterocycles. The Bertz CT molecular complexity index is 711. The molecule has 4 heteroatoms. The SMILES string of the molecule is Cc1cccc(C(C(N)=O)=C(C(N)=O)c2cccc(C)c2)c1. The van der Waals surface area contributed by atoms with E-state index in [9.17, 15) is 9.59 Å². The summed E-state index contributed by atoms with van der Waals surface area (Å²) in [5.41, 5.74) is 14.4. The highest BCUT2D eigenvalue weighted by molar-refractivity contribution is 6.39. The van der Waals surface area contributed by atoms with E-state index in [1.807, 2.05) is 38.1 Å². The van der Waals surface area contributed by atoms with Crippen molar-refractivity contribution in [2.45, 2.75) is 13.8 Å². The first-order chi connectivity index (χ1) is 10.4. The number of benzene rings is 2. The first kappa shape index (κ1) is 15.5. The Labute approximate surface area is 129 Å². The van der Waals surface area contributed by atoms with Gasteiger partial charge in [0.25, 0.3) is 0 Å². The van der Waals surface area contributed by atoms with Gasteiger partial charge in [0.15, 0.2) is 0 Å². The van der Waals surface area contributed by atoms with Gasteiger partial charge in [-0.25, -0.2) is 0 Å². The molecule has 0 aliphatic rings. The zero-order chi connectivity index (χ0) is 16.3. The van der Waals surface area contributed by atoms with Crippen LogP contribution in [0.1, 0.15) is 22.3 Å². The molecule has 2 aromatic rings. The number of primary amides is 2. The van der Waals surface area contributed by atoms with Crippen LogP contribution in [0.15, 0.2) is 48.5 Å². The van der Waals surface area contributed by atoms with Crippen molar-refractivity contribution in [2.24, 2.45) is 11.5 Å². The van der Waals surface area contributed by atoms with E-state index in [1.165, 1.54) is 0 Å². The van der Waals surface area contributed by atoms with Crippen LogP contribution in [0.25, 0.3) is 11.1 Å². The smallest absolute Gasteiger partial charge is 0.250 e. The number of nitrogens with two attached hydrogens (primary N) is 2. The Hall–Kier alpha value is -2.88. The summed E-state index contributed by atoms with van der Waals surface area (Å²) in [4.78, 5) is 23.9. The van der Waals surface area contributed by atoms with E-state index in [2.05, 4.69) is 0 Å². The highest BCUT2D eigenvalue weighted by Gasteiger charge is 2.21. The van der Waals surface area contributed by atoms with E-state index < -0.39 is 11.8 Å². The maximum atomic E-state index is 12.0. The molecule has 0 unspecified atom stereocenters. The third-order valence-corrected chi connectivity index (χ3v) is 3.36. The van der Waals surface area contributed by atoms with Crippen molar-refractivity contribution in [3.8, 4) is 0 Å². The number of amides is 2. The predicted octanol–water partition coefficient (Wildman–Crippen LogP) is 2.18. The van der Waals surface area contributed by atoms with Crippen LogP contribution in [0.4, 0.5) is 0 Å². The first-order valence-corrected chi connectivity index (χ1v) is 6.88. The van der Waals surface area contributed by atoms with E-state index in [0.29, 0.717) is 11.1 Å². The summed E-state index contributed by atoms with van der Waals surface area (Å²) in [6.07, 6.45) is 0. The average molecular weight is 294 g/mol. The average Bonchev–Trinajstić information content (AvgIpc) is 2.43. The molecule has 0 aliphatic carbocycles. The molecule has 0 atom stereocenters. The lowest BCUT2D eigenvalue weighted by molar-refractivity contribution is -0.114. The van der Waals surface area contributed by atoms with Crippen LogP contribution in [-0.4, -0.2) is 11.8 Å². The van der Waals surface area contributed by atoms with Crippen molar-refractivity contribution in [2.75, 3.05) is 0 Å². The number of hydrogen-bond acceptors (Lipinski definition) is 2. The van der Waals surface area contributed by atoms with Crippen LogP contribution in [0.5, 0.6) is 0 Å². The summed E-state index contributed by atoms with van der Waals surface area (Å²) in [6, 6.07) is 14.5. The maximum Gasteiger partial charge on any atom is 0.250 e. The number of hydrogen-bond donors (Lipinski definition) is 2. The quantitative estimate of drug-likeness (QED) is 0.669. The second kappa shape index (κ2) is 6.26. The third-order valence-electron chi connectivity index (χ3n) is 3.36. The van der Waals surface area contributed by atoms with E-state index in [4.69, 9.17) is 11.5 Å². The Morgan fingerprint density at radius 3 is 1.36 bits per heavy atom. The molecule has 2 rings (SSSR count). The Balaban J connectivity index is 2.79. The second-order valence-corrected chi connectivity index (χ2v) is 5.22. The maximum absolute atomic E-state index is 12.0. The Morgan fingerprint density at radius 2 is 1.09 bits per heavy atom. The van der Waals surface area contributed by atoms with Gasteiger partial charge in [-0.15, -0.1) is 0 Å². The molecule has 0 saturated carbocycles. The van der Waals surface area contributed by atoms with Gasteiger partial charge >= 0.3 is 0 Å². The molecule has 0 bridgehead atoms. The number of rotatable bonds is 4. The van der Waals surface area contributed by atoms with Crippen LogP contribution in [0.3, 0.4) is 0 Å². The fourth-order valence-corrected chi connectivity index (χ4v) is 2.42. The van der Waals surface area contributed by atoms with Gasteiger partial charge in [-0.3, -0.25) is 9.59 Å². The van der Waals surface area contributed by atoms with Gasteiger partial charge in [0, 0.05) is 0 Å². The molecule has 2 amide bonds. The van der Waals surface area contributed by atoms with Crippen LogP contribution in [0.2, 0.25) is 0 Å². The monoisotopic (exact) mass is 294 g/mol. The van der Waals surface area contributed by atoms with E-state index in [1.54, 1.807) is 24.3 Å². The van der Waals surface area contributed by atoms with Crippen molar-refractivity contribution in [3.05, 3.63) is 70.8 Å². The van der Waals surface area contributed by atoms with Crippen LogP contribution in [-0.2, 0) is 9.59 Å². The minimum atomic E-state index is -0.680. The van der Waals surface area contributed by atoms with Crippen molar-refractivity contribution in [1.82, 2.24) is 0 Å².